The molecule has 2 N–H and O–H groups in total. The fourth-order valence-corrected chi connectivity index (χ4v) is 4.41. The number of hydrogen-bond acceptors (Lipinski definition) is 5. The number of hydrogen-bond donors (Lipinski definition) is 2. The van der Waals surface area contributed by atoms with Crippen molar-refractivity contribution in [1.29, 1.82) is 0 Å². The van der Waals surface area contributed by atoms with Crippen LogP contribution in [0.2, 0.25) is 0 Å². The number of nitrogens with one attached hydrogen (secondary N) is 2. The van der Waals surface area contributed by atoms with Crippen LogP contribution >= 0.6 is 24.0 Å². The first-order chi connectivity index (χ1) is 13.3. The van der Waals surface area contributed by atoms with Gasteiger partial charge in [-0.05, 0) is 39.0 Å². The molecule has 0 aromatic heterocycles. The van der Waals surface area contributed by atoms with E-state index in [0.29, 0.717) is 38.4 Å². The molecule has 29 heavy (non-hydrogen) atoms. The van der Waals surface area contributed by atoms with Gasteiger partial charge in [0.2, 0.25) is 15.9 Å². The van der Waals surface area contributed by atoms with Gasteiger partial charge in [0.15, 0.2) is 5.96 Å². The predicted octanol–water partition coefficient (Wildman–Crippen LogP) is 0.611. The molecule has 0 saturated carbocycles. The van der Waals surface area contributed by atoms with Gasteiger partial charge >= 0.3 is 0 Å². The van der Waals surface area contributed by atoms with Gasteiger partial charge in [0.05, 0.1) is 11.9 Å². The Morgan fingerprint density at radius 2 is 1.90 bits per heavy atom. The first kappa shape index (κ1) is 26.4. The van der Waals surface area contributed by atoms with Gasteiger partial charge in [-0.25, -0.2) is 17.7 Å². The zero-order valence-corrected chi connectivity index (χ0v) is 20.9. The largest absolute Gasteiger partial charge is 0.376 e. The molecule has 2 heterocycles. The van der Waals surface area contributed by atoms with E-state index in [-0.39, 0.29) is 54.3 Å². The maximum atomic E-state index is 12.0. The molecule has 0 aliphatic carbocycles. The molecule has 2 fully saturated rings. The van der Waals surface area contributed by atoms with Crippen LogP contribution in [0, 0.1) is 0 Å². The summed E-state index contributed by atoms with van der Waals surface area (Å²) in [5, 5.41) is 6.67. The van der Waals surface area contributed by atoms with Gasteiger partial charge in [0.25, 0.3) is 0 Å². The highest BCUT2D eigenvalue weighted by Crippen LogP contribution is 2.15. The van der Waals surface area contributed by atoms with Crippen LogP contribution in [0.4, 0.5) is 0 Å². The van der Waals surface area contributed by atoms with Crippen LogP contribution in [0.25, 0.3) is 0 Å². The third-order valence-corrected chi connectivity index (χ3v) is 7.08. The third-order valence-electron chi connectivity index (χ3n) is 5.20. The number of ether oxygens (including phenoxy) is 1. The molecule has 0 spiro atoms. The molecule has 0 aromatic carbocycles. The SMILES string of the molecule is CCS(=O)(=O)N1CCC(NC(=NCC(=O)N(C)C)NCC2CCCCO2)CC1.I. The zero-order valence-electron chi connectivity index (χ0n) is 17.7. The van der Waals surface area contributed by atoms with E-state index in [4.69, 9.17) is 4.74 Å². The van der Waals surface area contributed by atoms with Crippen molar-refractivity contribution < 1.29 is 17.9 Å². The minimum atomic E-state index is -3.14. The number of carbonyl (C=O) groups is 1. The number of nitrogens with zero attached hydrogens (tertiary/aromatic N) is 3. The molecule has 1 amide bonds. The van der Waals surface area contributed by atoms with E-state index in [1.54, 1.807) is 25.3 Å². The van der Waals surface area contributed by atoms with Gasteiger partial charge in [0.1, 0.15) is 6.54 Å². The highest BCUT2D eigenvalue weighted by atomic mass is 127. The molecule has 2 aliphatic rings. The fraction of sp³-hybridized carbons (Fsp3) is 0.889. The third kappa shape index (κ3) is 8.93. The van der Waals surface area contributed by atoms with E-state index < -0.39 is 10.0 Å². The van der Waals surface area contributed by atoms with Crippen molar-refractivity contribution in [2.75, 3.05) is 52.6 Å². The second-order valence-electron chi connectivity index (χ2n) is 7.54. The number of carbonyl (C=O) groups excluding carboxylic acids is 1. The van der Waals surface area contributed by atoms with Gasteiger partial charge < -0.3 is 20.3 Å². The summed E-state index contributed by atoms with van der Waals surface area (Å²) in [6, 6.07) is 0.122. The van der Waals surface area contributed by atoms with Gasteiger partial charge in [-0.1, -0.05) is 0 Å². The zero-order chi connectivity index (χ0) is 20.6. The fourth-order valence-electron chi connectivity index (χ4n) is 3.27. The van der Waals surface area contributed by atoms with E-state index in [9.17, 15) is 13.2 Å². The molecular formula is C18H36IN5O4S. The second-order valence-corrected chi connectivity index (χ2v) is 9.80. The predicted molar refractivity (Wildman–Crippen MR) is 125 cm³/mol. The Bertz CT molecular complexity index is 630. The summed E-state index contributed by atoms with van der Waals surface area (Å²) >= 11 is 0. The van der Waals surface area contributed by atoms with Crippen LogP contribution < -0.4 is 10.6 Å². The summed E-state index contributed by atoms with van der Waals surface area (Å²) in [6.07, 6.45) is 4.86. The van der Waals surface area contributed by atoms with Crippen LogP contribution in [0.5, 0.6) is 0 Å². The first-order valence-corrected chi connectivity index (χ1v) is 11.8. The molecule has 0 radical (unpaired) electrons. The van der Waals surface area contributed by atoms with Crippen molar-refractivity contribution >= 4 is 45.9 Å². The first-order valence-electron chi connectivity index (χ1n) is 10.2. The van der Waals surface area contributed by atoms with Crippen molar-refractivity contribution in [3.05, 3.63) is 0 Å². The number of piperidine rings is 1. The molecule has 9 nitrogen and oxygen atoms in total. The molecular weight excluding hydrogens is 509 g/mol. The number of sulfonamides is 1. The van der Waals surface area contributed by atoms with Crippen molar-refractivity contribution in [1.82, 2.24) is 19.8 Å². The van der Waals surface area contributed by atoms with E-state index in [1.807, 2.05) is 0 Å². The number of aliphatic imine (C=N–C) groups is 1. The van der Waals surface area contributed by atoms with Crippen molar-refractivity contribution in [3.63, 3.8) is 0 Å². The number of amides is 1. The van der Waals surface area contributed by atoms with E-state index >= 15 is 0 Å². The number of rotatable bonds is 7. The number of guanidine groups is 1. The standard InChI is InChI=1S/C18H35N5O4S.HI/c1-4-28(25,26)23-10-8-15(9-11-23)21-18(20-14-17(24)22(2)3)19-13-16-7-5-6-12-27-16;/h15-16H,4-14H2,1-3H3,(H2,19,20,21);1H. The molecule has 1 atom stereocenters. The average molecular weight is 545 g/mol. The lowest BCUT2D eigenvalue weighted by atomic mass is 10.1. The van der Waals surface area contributed by atoms with Crippen LogP contribution in [0.15, 0.2) is 4.99 Å². The normalized spacial score (nSPS) is 21.9. The van der Waals surface area contributed by atoms with Gasteiger partial charge in [-0.3, -0.25) is 4.79 Å². The van der Waals surface area contributed by atoms with Crippen molar-refractivity contribution in [2.45, 2.75) is 51.2 Å². The Morgan fingerprint density at radius 3 is 2.45 bits per heavy atom. The molecule has 170 valence electrons. The Balaban J connectivity index is 0.00000420. The maximum Gasteiger partial charge on any atom is 0.243 e. The average Bonchev–Trinajstić information content (AvgIpc) is 2.70. The molecule has 1 unspecified atom stereocenters. The van der Waals surface area contributed by atoms with Crippen LogP contribution in [0.1, 0.15) is 39.0 Å². The lowest BCUT2D eigenvalue weighted by molar-refractivity contribution is -0.127. The van der Waals surface area contributed by atoms with E-state index in [0.717, 1.165) is 25.9 Å². The molecule has 2 saturated heterocycles. The molecule has 2 aliphatic heterocycles. The van der Waals surface area contributed by atoms with E-state index in [2.05, 4.69) is 15.6 Å². The summed E-state index contributed by atoms with van der Waals surface area (Å²) < 4.78 is 31.3. The summed E-state index contributed by atoms with van der Waals surface area (Å²) in [5.74, 6) is 0.646. The quantitative estimate of drug-likeness (QED) is 0.276. The summed E-state index contributed by atoms with van der Waals surface area (Å²) in [6.45, 7) is 4.17. The molecule has 2 rings (SSSR count). The van der Waals surface area contributed by atoms with Crippen molar-refractivity contribution in [3.8, 4) is 0 Å². The van der Waals surface area contributed by atoms with E-state index in [1.165, 1.54) is 4.90 Å². The Labute approximate surface area is 192 Å². The summed E-state index contributed by atoms with van der Waals surface area (Å²) in [7, 11) is 0.277. The minimum absolute atomic E-state index is 0. The molecule has 11 heteroatoms. The number of halogens is 1. The summed E-state index contributed by atoms with van der Waals surface area (Å²) in [4.78, 5) is 17.8. The summed E-state index contributed by atoms with van der Waals surface area (Å²) in [5.41, 5.74) is 0. The Morgan fingerprint density at radius 1 is 1.21 bits per heavy atom. The van der Waals surface area contributed by atoms with Crippen LogP contribution in [0.3, 0.4) is 0 Å². The lowest BCUT2D eigenvalue weighted by Gasteiger charge is -2.32. The Kier molecular flexibility index (Phi) is 11.7. The van der Waals surface area contributed by atoms with Crippen molar-refractivity contribution in [2.24, 2.45) is 4.99 Å². The van der Waals surface area contributed by atoms with Gasteiger partial charge in [-0.15, -0.1) is 24.0 Å². The smallest absolute Gasteiger partial charge is 0.243 e. The Hall–Kier alpha value is -0.660. The van der Waals surface area contributed by atoms with Crippen LogP contribution in [-0.2, 0) is 19.6 Å². The van der Waals surface area contributed by atoms with Crippen LogP contribution in [-0.4, -0.2) is 94.3 Å². The second kappa shape index (κ2) is 12.9. The lowest BCUT2D eigenvalue weighted by Crippen LogP contribution is -2.51. The van der Waals surface area contributed by atoms with Gasteiger partial charge in [-0.2, -0.15) is 0 Å². The van der Waals surface area contributed by atoms with Gasteiger partial charge in [0, 0.05) is 46.4 Å². The number of likely N-dealkylation sites (N-methyl/N-ethyl adjacent to an activating group) is 1. The topological polar surface area (TPSA) is 103 Å². The minimum Gasteiger partial charge on any atom is -0.376 e. The maximum absolute atomic E-state index is 12.0. The highest BCUT2D eigenvalue weighted by molar-refractivity contribution is 14.0. The highest BCUT2D eigenvalue weighted by Gasteiger charge is 2.27. The molecule has 0 aromatic rings. The monoisotopic (exact) mass is 545 g/mol. The molecule has 0 bridgehead atoms.